The second-order valence-electron chi connectivity index (χ2n) is 2.50. The van der Waals surface area contributed by atoms with Gasteiger partial charge in [-0.25, -0.2) is 9.59 Å². The number of ether oxygens (including phenoxy) is 2. The van der Waals surface area contributed by atoms with E-state index in [1.807, 2.05) is 0 Å². The molecule has 0 aromatic rings. The van der Waals surface area contributed by atoms with Crippen LogP contribution < -0.4 is 11.1 Å². The van der Waals surface area contributed by atoms with Gasteiger partial charge in [0.2, 0.25) is 0 Å². The molecular weight excluding hydrogens is 188 g/mol. The van der Waals surface area contributed by atoms with Crippen LogP contribution in [0.5, 0.6) is 0 Å². The van der Waals surface area contributed by atoms with Crippen LogP contribution in [-0.2, 0) is 19.1 Å². The van der Waals surface area contributed by atoms with E-state index in [4.69, 9.17) is 5.73 Å². The van der Waals surface area contributed by atoms with Crippen LogP contribution in [0.15, 0.2) is 0 Å². The van der Waals surface area contributed by atoms with Crippen molar-refractivity contribution in [2.45, 2.75) is 19.5 Å². The first kappa shape index (κ1) is 12.9. The second kappa shape index (κ2) is 5.56. The van der Waals surface area contributed by atoms with E-state index in [1.165, 1.54) is 7.05 Å². The molecule has 0 heterocycles. The maximum absolute atomic E-state index is 11.3. The third-order valence-corrected chi connectivity index (χ3v) is 1.59. The van der Waals surface area contributed by atoms with Crippen LogP contribution in [0.3, 0.4) is 0 Å². The minimum absolute atomic E-state index is 0.152. The lowest BCUT2D eigenvalue weighted by molar-refractivity contribution is -0.165. The van der Waals surface area contributed by atoms with Crippen molar-refractivity contribution in [2.75, 3.05) is 20.3 Å². The van der Waals surface area contributed by atoms with Gasteiger partial charge in [0.05, 0.1) is 13.2 Å². The highest BCUT2D eigenvalue weighted by Gasteiger charge is 2.43. The predicted octanol–water partition coefficient (Wildman–Crippen LogP) is -1.01. The number of nitrogens with one attached hydrogen (secondary N) is 1. The number of carbonyl (C=O) groups is 2. The molecular formula is C8H16N2O4. The number of rotatable bonds is 5. The van der Waals surface area contributed by atoms with Gasteiger partial charge in [-0.1, -0.05) is 0 Å². The molecule has 0 spiro atoms. The molecule has 0 radical (unpaired) electrons. The van der Waals surface area contributed by atoms with Gasteiger partial charge in [-0.2, -0.15) is 0 Å². The highest BCUT2D eigenvalue weighted by molar-refractivity contribution is 6.04. The van der Waals surface area contributed by atoms with Crippen molar-refractivity contribution in [1.82, 2.24) is 5.32 Å². The average Bonchev–Trinajstić information content (AvgIpc) is 2.17. The van der Waals surface area contributed by atoms with E-state index in [2.05, 4.69) is 14.8 Å². The lowest BCUT2D eigenvalue weighted by Crippen LogP contribution is -2.65. The molecule has 0 aliphatic heterocycles. The first-order valence-corrected chi connectivity index (χ1v) is 4.35. The zero-order valence-electron chi connectivity index (χ0n) is 8.62. The van der Waals surface area contributed by atoms with E-state index in [0.717, 1.165) is 0 Å². The van der Waals surface area contributed by atoms with Crippen LogP contribution >= 0.6 is 0 Å². The molecule has 82 valence electrons. The Bertz CT molecular complexity index is 199. The fraction of sp³-hybridized carbons (Fsp3) is 0.750. The van der Waals surface area contributed by atoms with Crippen molar-refractivity contribution >= 4 is 11.9 Å². The predicted molar refractivity (Wildman–Crippen MR) is 49.2 cm³/mol. The smallest absolute Gasteiger partial charge is 0.353 e. The Hall–Kier alpha value is -1.14. The Morgan fingerprint density at radius 1 is 1.21 bits per heavy atom. The number of hydrogen-bond acceptors (Lipinski definition) is 6. The average molecular weight is 204 g/mol. The van der Waals surface area contributed by atoms with Crippen molar-refractivity contribution < 1.29 is 19.1 Å². The molecule has 6 heteroatoms. The summed E-state index contributed by atoms with van der Waals surface area (Å²) in [6, 6.07) is 0. The fourth-order valence-electron chi connectivity index (χ4n) is 0.777. The Morgan fingerprint density at radius 2 is 1.57 bits per heavy atom. The van der Waals surface area contributed by atoms with Crippen LogP contribution in [0.1, 0.15) is 13.8 Å². The van der Waals surface area contributed by atoms with E-state index in [9.17, 15) is 9.59 Å². The SMILES string of the molecule is CCOC(=O)C(N)(NC)C(=O)OCC. The van der Waals surface area contributed by atoms with Crippen molar-refractivity contribution in [3.05, 3.63) is 0 Å². The van der Waals surface area contributed by atoms with Gasteiger partial charge in [0, 0.05) is 0 Å². The van der Waals surface area contributed by atoms with Gasteiger partial charge in [-0.15, -0.1) is 0 Å². The summed E-state index contributed by atoms with van der Waals surface area (Å²) in [5.74, 6) is -1.69. The number of nitrogens with two attached hydrogens (primary N) is 1. The van der Waals surface area contributed by atoms with Gasteiger partial charge in [0.1, 0.15) is 0 Å². The molecule has 0 aliphatic carbocycles. The van der Waals surface area contributed by atoms with Gasteiger partial charge < -0.3 is 9.47 Å². The monoisotopic (exact) mass is 204 g/mol. The van der Waals surface area contributed by atoms with Crippen LogP contribution in [-0.4, -0.2) is 37.9 Å². The molecule has 6 nitrogen and oxygen atoms in total. The van der Waals surface area contributed by atoms with Gasteiger partial charge in [0.15, 0.2) is 0 Å². The molecule has 3 N–H and O–H groups in total. The largest absolute Gasteiger partial charge is 0.463 e. The molecule has 0 saturated carbocycles. The lowest BCUT2D eigenvalue weighted by atomic mass is 10.2. The van der Waals surface area contributed by atoms with Crippen LogP contribution in [0.2, 0.25) is 0 Å². The van der Waals surface area contributed by atoms with E-state index in [-0.39, 0.29) is 13.2 Å². The molecule has 0 rings (SSSR count). The summed E-state index contributed by atoms with van der Waals surface area (Å²) in [7, 11) is 1.38. The maximum Gasteiger partial charge on any atom is 0.353 e. The van der Waals surface area contributed by atoms with Crippen molar-refractivity contribution in [2.24, 2.45) is 5.73 Å². The molecule has 14 heavy (non-hydrogen) atoms. The summed E-state index contributed by atoms with van der Waals surface area (Å²) in [5.41, 5.74) is 3.59. The second-order valence-corrected chi connectivity index (χ2v) is 2.50. The minimum Gasteiger partial charge on any atom is -0.463 e. The highest BCUT2D eigenvalue weighted by Crippen LogP contribution is 2.02. The van der Waals surface area contributed by atoms with Gasteiger partial charge in [0.25, 0.3) is 5.66 Å². The number of hydrogen-bond donors (Lipinski definition) is 2. The van der Waals surface area contributed by atoms with Crippen molar-refractivity contribution in [3.63, 3.8) is 0 Å². The Morgan fingerprint density at radius 3 is 1.79 bits per heavy atom. The third kappa shape index (κ3) is 2.68. The fourth-order valence-corrected chi connectivity index (χ4v) is 0.777. The third-order valence-electron chi connectivity index (χ3n) is 1.59. The Labute approximate surface area is 82.7 Å². The first-order valence-electron chi connectivity index (χ1n) is 4.35. The highest BCUT2D eigenvalue weighted by atomic mass is 16.6. The van der Waals surface area contributed by atoms with E-state index >= 15 is 0 Å². The normalized spacial score (nSPS) is 10.9. The summed E-state index contributed by atoms with van der Waals surface area (Å²) in [6.45, 7) is 3.55. The zero-order valence-corrected chi connectivity index (χ0v) is 8.62. The molecule has 0 bridgehead atoms. The van der Waals surface area contributed by atoms with Crippen LogP contribution in [0, 0.1) is 0 Å². The molecule has 0 aromatic carbocycles. The summed E-state index contributed by atoms with van der Waals surface area (Å²) in [4.78, 5) is 22.6. The van der Waals surface area contributed by atoms with Gasteiger partial charge in [-0.3, -0.25) is 11.1 Å². The molecule has 0 atom stereocenters. The summed E-state index contributed by atoms with van der Waals surface area (Å²) >= 11 is 0. The minimum atomic E-state index is -1.91. The first-order chi connectivity index (χ1) is 6.52. The topological polar surface area (TPSA) is 90.6 Å². The molecule has 0 amide bonds. The Balaban J connectivity index is 4.60. The van der Waals surface area contributed by atoms with Crippen molar-refractivity contribution in [3.8, 4) is 0 Å². The van der Waals surface area contributed by atoms with E-state index in [0.29, 0.717) is 0 Å². The summed E-state index contributed by atoms with van der Waals surface area (Å²) in [6.07, 6.45) is 0. The van der Waals surface area contributed by atoms with Gasteiger partial charge in [-0.05, 0) is 20.9 Å². The maximum atomic E-state index is 11.3. The van der Waals surface area contributed by atoms with E-state index in [1.54, 1.807) is 13.8 Å². The Kier molecular flexibility index (Phi) is 5.11. The number of esters is 2. The van der Waals surface area contributed by atoms with E-state index < -0.39 is 17.6 Å². The summed E-state index contributed by atoms with van der Waals surface area (Å²) < 4.78 is 9.28. The molecule has 0 aliphatic rings. The standard InChI is InChI=1S/C8H16N2O4/c1-4-13-6(11)8(9,10-3)7(12)14-5-2/h10H,4-5,9H2,1-3H3. The van der Waals surface area contributed by atoms with Gasteiger partial charge >= 0.3 is 11.9 Å². The number of likely N-dealkylation sites (N-methyl/N-ethyl adjacent to an activating group) is 1. The quantitative estimate of drug-likeness (QED) is 0.338. The lowest BCUT2D eigenvalue weighted by Gasteiger charge is -2.23. The van der Waals surface area contributed by atoms with Crippen LogP contribution in [0.25, 0.3) is 0 Å². The number of carbonyl (C=O) groups excluding carboxylic acids is 2. The summed E-state index contributed by atoms with van der Waals surface area (Å²) in [5, 5.41) is 2.38. The van der Waals surface area contributed by atoms with Crippen LogP contribution in [0.4, 0.5) is 0 Å². The molecule has 0 unspecified atom stereocenters. The molecule has 0 fully saturated rings. The molecule has 0 saturated heterocycles. The zero-order chi connectivity index (χ0) is 11.2. The van der Waals surface area contributed by atoms with Crippen molar-refractivity contribution in [1.29, 1.82) is 0 Å². The molecule has 0 aromatic heterocycles.